The van der Waals surface area contributed by atoms with E-state index in [4.69, 9.17) is 4.74 Å². The first kappa shape index (κ1) is 38.4. The topological polar surface area (TPSA) is 110 Å². The normalized spacial score (nSPS) is 16.4. The monoisotopic (exact) mass is 703 g/mol. The van der Waals surface area contributed by atoms with E-state index in [-0.39, 0.29) is 36.0 Å². The van der Waals surface area contributed by atoms with E-state index < -0.39 is 17.8 Å². The van der Waals surface area contributed by atoms with Gasteiger partial charge in [0.1, 0.15) is 5.75 Å². The van der Waals surface area contributed by atoms with Crippen LogP contribution in [-0.4, -0.2) is 57.3 Å². The van der Waals surface area contributed by atoms with Gasteiger partial charge in [0.2, 0.25) is 5.91 Å². The maximum Gasteiger partial charge on any atom is 0.308 e. The summed E-state index contributed by atoms with van der Waals surface area (Å²) in [5.41, 5.74) is 5.32. The number of hydrogen-bond acceptors (Lipinski definition) is 6. The third kappa shape index (κ3) is 10.1. The van der Waals surface area contributed by atoms with Crippen LogP contribution in [0.3, 0.4) is 0 Å². The number of rotatable bonds is 16. The molecule has 52 heavy (non-hydrogen) atoms. The van der Waals surface area contributed by atoms with E-state index in [1.54, 1.807) is 4.90 Å². The number of nitrogens with zero attached hydrogens (tertiary/aromatic N) is 3. The molecule has 8 nitrogen and oxygen atoms in total. The van der Waals surface area contributed by atoms with Crippen LogP contribution in [0.4, 0.5) is 0 Å². The van der Waals surface area contributed by atoms with E-state index in [2.05, 4.69) is 37.7 Å². The molecule has 1 aliphatic rings. The number of carbonyl (C=O) groups excluding carboxylic acids is 2. The molecule has 3 atom stereocenters. The van der Waals surface area contributed by atoms with Gasteiger partial charge in [-0.1, -0.05) is 121 Å². The number of carboxylic acids is 1. The van der Waals surface area contributed by atoms with E-state index in [0.717, 1.165) is 46.6 Å². The summed E-state index contributed by atoms with van der Waals surface area (Å²) in [5.74, 6) is -1.13. The van der Waals surface area contributed by atoms with Gasteiger partial charge in [-0.3, -0.25) is 14.4 Å². The zero-order valence-corrected chi connectivity index (χ0v) is 31.3. The predicted octanol–water partition coefficient (Wildman–Crippen LogP) is 9.07. The van der Waals surface area contributed by atoms with Crippen molar-refractivity contribution in [2.24, 2.45) is 17.8 Å². The van der Waals surface area contributed by atoms with Gasteiger partial charge in [0, 0.05) is 54.5 Å². The van der Waals surface area contributed by atoms with Crippen molar-refractivity contribution in [3.8, 4) is 28.3 Å². The summed E-state index contributed by atoms with van der Waals surface area (Å²) < 4.78 is 5.91. The summed E-state index contributed by atoms with van der Waals surface area (Å²) in [7, 11) is 0. The van der Waals surface area contributed by atoms with Crippen LogP contribution in [0.2, 0.25) is 0 Å². The molecule has 1 N–H and O–H groups in total. The van der Waals surface area contributed by atoms with Crippen LogP contribution in [0.5, 0.6) is 5.75 Å². The van der Waals surface area contributed by atoms with Gasteiger partial charge in [0.25, 0.3) is 0 Å². The first-order valence-corrected chi connectivity index (χ1v) is 18.7. The Kier molecular flexibility index (Phi) is 13.0. The number of carbonyl (C=O) groups is 3. The third-order valence-corrected chi connectivity index (χ3v) is 10.1. The maximum atomic E-state index is 13.9. The highest BCUT2D eigenvalue weighted by atomic mass is 16.5. The maximum absolute atomic E-state index is 13.9. The van der Waals surface area contributed by atoms with Crippen molar-refractivity contribution in [3.05, 3.63) is 102 Å². The molecule has 0 spiro atoms. The van der Waals surface area contributed by atoms with Crippen LogP contribution in [0, 0.1) is 17.8 Å². The molecule has 0 bridgehead atoms. The number of likely N-dealkylation sites (tertiary alicyclic amines) is 1. The Morgan fingerprint density at radius 1 is 0.827 bits per heavy atom. The van der Waals surface area contributed by atoms with Crippen molar-refractivity contribution in [1.29, 1.82) is 0 Å². The van der Waals surface area contributed by atoms with Crippen LogP contribution in [-0.2, 0) is 21.4 Å². The molecule has 8 heteroatoms. The van der Waals surface area contributed by atoms with E-state index in [0.29, 0.717) is 24.4 Å². The molecule has 1 unspecified atom stereocenters. The minimum atomic E-state index is -0.897. The van der Waals surface area contributed by atoms with E-state index in [1.807, 2.05) is 92.1 Å². The van der Waals surface area contributed by atoms with Crippen LogP contribution >= 0.6 is 0 Å². The molecule has 2 heterocycles. The lowest BCUT2D eigenvalue weighted by Gasteiger charge is -2.24. The largest absolute Gasteiger partial charge is 0.494 e. The Labute approximate surface area is 308 Å². The number of ketones is 1. The minimum Gasteiger partial charge on any atom is -0.494 e. The number of aromatic nitrogens is 2. The Morgan fingerprint density at radius 2 is 1.46 bits per heavy atom. The summed E-state index contributed by atoms with van der Waals surface area (Å²) in [6.07, 6.45) is 10.1. The Bertz CT molecular complexity index is 1780. The molecule has 0 aliphatic carbocycles. The zero-order valence-electron chi connectivity index (χ0n) is 31.3. The second-order valence-corrected chi connectivity index (χ2v) is 15.3. The molecule has 1 aliphatic heterocycles. The molecule has 4 aromatic rings. The van der Waals surface area contributed by atoms with Gasteiger partial charge < -0.3 is 14.7 Å². The van der Waals surface area contributed by atoms with Crippen molar-refractivity contribution in [1.82, 2.24) is 14.9 Å². The molecule has 1 fully saturated rings. The van der Waals surface area contributed by atoms with Crippen molar-refractivity contribution in [2.45, 2.75) is 85.0 Å². The Morgan fingerprint density at radius 3 is 2.06 bits per heavy atom. The lowest BCUT2D eigenvalue weighted by atomic mass is 9.85. The molecule has 1 aromatic heterocycles. The number of aliphatic carboxylic acids is 1. The number of ether oxygens (including phenoxy) is 1. The SMILES string of the molecule is CCCCCCCOc1ccc(-c2cnc(-c3ccc(C[C@H](CC(=O)c4ccc(C(C)(C)C)cc4)C(=O)N4CC(C)[C@H](C(=O)O)C4)cc3)nc2)cc1. The van der Waals surface area contributed by atoms with Crippen molar-refractivity contribution < 1.29 is 24.2 Å². The number of hydrogen-bond donors (Lipinski definition) is 1. The van der Waals surface area contributed by atoms with E-state index in [9.17, 15) is 19.5 Å². The number of Topliss-reactive ketones (excluding diaryl/α,β-unsaturated/α-hetero) is 1. The standard InChI is InChI=1S/C44H53N3O5/c1-6-7-8-9-10-23-52-38-21-17-32(18-22-38)36-26-45-41(46-27-36)34-13-11-31(12-14-34)24-35(42(49)47-28-30(2)39(29-47)43(50)51)25-40(48)33-15-19-37(20-16-33)44(3,4)5/h11-22,26-27,30,35,39H,6-10,23-25,28-29H2,1-5H3,(H,50,51)/t30?,35-,39-/m1/s1. The molecule has 1 saturated heterocycles. The molecule has 0 saturated carbocycles. The van der Waals surface area contributed by atoms with Gasteiger partial charge in [-0.2, -0.15) is 0 Å². The number of benzene rings is 3. The average Bonchev–Trinajstić information content (AvgIpc) is 3.54. The van der Waals surface area contributed by atoms with E-state index in [1.165, 1.54) is 25.7 Å². The van der Waals surface area contributed by atoms with Crippen LogP contribution in [0.25, 0.3) is 22.5 Å². The molecule has 1 amide bonds. The van der Waals surface area contributed by atoms with Gasteiger partial charge in [0.05, 0.1) is 12.5 Å². The molecular weight excluding hydrogens is 651 g/mol. The summed E-state index contributed by atoms with van der Waals surface area (Å²) in [5, 5.41) is 9.68. The van der Waals surface area contributed by atoms with Gasteiger partial charge in [-0.15, -0.1) is 0 Å². The highest BCUT2D eigenvalue weighted by molar-refractivity contribution is 5.98. The van der Waals surface area contributed by atoms with Crippen molar-refractivity contribution in [3.63, 3.8) is 0 Å². The fraction of sp³-hybridized carbons (Fsp3) is 0.432. The number of amides is 1. The fourth-order valence-electron chi connectivity index (χ4n) is 6.81. The summed E-state index contributed by atoms with van der Waals surface area (Å²) in [6.45, 7) is 11.7. The number of unbranched alkanes of at least 4 members (excludes halogenated alkanes) is 4. The smallest absolute Gasteiger partial charge is 0.308 e. The first-order chi connectivity index (χ1) is 24.9. The van der Waals surface area contributed by atoms with Crippen LogP contribution < -0.4 is 4.74 Å². The highest BCUT2D eigenvalue weighted by Gasteiger charge is 2.39. The second-order valence-electron chi connectivity index (χ2n) is 15.3. The summed E-state index contributed by atoms with van der Waals surface area (Å²) in [6, 6.07) is 23.4. The van der Waals surface area contributed by atoms with E-state index >= 15 is 0 Å². The molecule has 3 aromatic carbocycles. The second kappa shape index (κ2) is 17.6. The Balaban J connectivity index is 1.25. The van der Waals surface area contributed by atoms with Crippen LogP contribution in [0.1, 0.15) is 94.6 Å². The van der Waals surface area contributed by atoms with Crippen molar-refractivity contribution >= 4 is 17.7 Å². The lowest BCUT2D eigenvalue weighted by molar-refractivity contribution is -0.142. The molecule has 274 valence electrons. The van der Waals surface area contributed by atoms with Gasteiger partial charge in [0.15, 0.2) is 11.6 Å². The lowest BCUT2D eigenvalue weighted by Crippen LogP contribution is -2.37. The van der Waals surface area contributed by atoms with Crippen molar-refractivity contribution in [2.75, 3.05) is 19.7 Å². The van der Waals surface area contributed by atoms with Gasteiger partial charge in [-0.05, 0) is 53.0 Å². The first-order valence-electron chi connectivity index (χ1n) is 18.7. The van der Waals surface area contributed by atoms with Crippen LogP contribution in [0.15, 0.2) is 85.2 Å². The molecule has 5 rings (SSSR count). The predicted molar refractivity (Wildman–Crippen MR) is 205 cm³/mol. The average molecular weight is 704 g/mol. The quantitative estimate of drug-likeness (QED) is 0.0916. The Hall–Kier alpha value is -4.85. The summed E-state index contributed by atoms with van der Waals surface area (Å²) in [4.78, 5) is 50.2. The third-order valence-electron chi connectivity index (χ3n) is 10.1. The minimum absolute atomic E-state index is 0.0365. The zero-order chi connectivity index (χ0) is 37.3. The number of carboxylic acid groups (broad SMARTS) is 1. The van der Waals surface area contributed by atoms with Gasteiger partial charge in [-0.25, -0.2) is 9.97 Å². The molecule has 0 radical (unpaired) electrons. The fourth-order valence-corrected chi connectivity index (χ4v) is 6.81. The molecular formula is C44H53N3O5. The highest BCUT2D eigenvalue weighted by Crippen LogP contribution is 2.29. The van der Waals surface area contributed by atoms with Gasteiger partial charge >= 0.3 is 5.97 Å². The summed E-state index contributed by atoms with van der Waals surface area (Å²) >= 11 is 0.